The Hall–Kier alpha value is -3.30. The molecule has 2 aliphatic heterocycles. The molecule has 8 nitrogen and oxygen atoms in total. The van der Waals surface area contributed by atoms with Crippen LogP contribution in [-0.2, 0) is 4.79 Å². The molecule has 0 bridgehead atoms. The smallest absolute Gasteiger partial charge is 0.283 e. The van der Waals surface area contributed by atoms with E-state index >= 15 is 0 Å². The number of amidine groups is 2. The predicted molar refractivity (Wildman–Crippen MR) is 145 cm³/mol. The van der Waals surface area contributed by atoms with Crippen molar-refractivity contribution in [3.63, 3.8) is 0 Å². The number of halogens is 1. The van der Waals surface area contributed by atoms with Crippen LogP contribution in [0.15, 0.2) is 52.1 Å². The molecule has 2 aromatic rings. The molecular formula is C26H27ClN4O4S. The third-order valence-electron chi connectivity index (χ3n) is 5.77. The summed E-state index contributed by atoms with van der Waals surface area (Å²) in [4.78, 5) is 16.6. The van der Waals surface area contributed by atoms with Crippen LogP contribution in [0.5, 0.6) is 17.2 Å². The lowest BCUT2D eigenvalue weighted by molar-refractivity contribution is -0.114. The summed E-state index contributed by atoms with van der Waals surface area (Å²) in [6.45, 7) is 6.71. The number of fused-ring (bicyclic) bond motifs is 1. The minimum Gasteiger partial charge on any atom is -0.493 e. The van der Waals surface area contributed by atoms with E-state index in [1.807, 2.05) is 18.2 Å². The fourth-order valence-corrected chi connectivity index (χ4v) is 4.76. The number of ether oxygens (including phenoxy) is 3. The molecule has 0 aliphatic carbocycles. The summed E-state index contributed by atoms with van der Waals surface area (Å²) in [6, 6.07) is 11.4. The molecule has 0 spiro atoms. The number of benzene rings is 2. The van der Waals surface area contributed by atoms with Crippen LogP contribution in [0.1, 0.15) is 44.2 Å². The number of aliphatic imine (C=N–C) groups is 1. The number of methoxy groups -OCH3 is 1. The Morgan fingerprint density at radius 3 is 2.69 bits per heavy atom. The minimum absolute atomic E-state index is 0.0420. The first kappa shape index (κ1) is 25.8. The first-order valence-electron chi connectivity index (χ1n) is 11.5. The Morgan fingerprint density at radius 1 is 1.19 bits per heavy atom. The highest BCUT2D eigenvalue weighted by molar-refractivity contribution is 8.26. The maximum Gasteiger partial charge on any atom is 0.283 e. The maximum atomic E-state index is 12.6. The summed E-state index contributed by atoms with van der Waals surface area (Å²) in [5.74, 6) is 1.47. The first-order valence-corrected chi connectivity index (χ1v) is 12.7. The van der Waals surface area contributed by atoms with E-state index in [0.717, 1.165) is 12.2 Å². The molecule has 1 amide bonds. The molecule has 0 saturated carbocycles. The lowest BCUT2D eigenvalue weighted by Crippen LogP contribution is -2.35. The lowest BCUT2D eigenvalue weighted by atomic mass is 9.98. The van der Waals surface area contributed by atoms with Crippen molar-refractivity contribution in [3.05, 3.63) is 58.1 Å². The zero-order valence-corrected chi connectivity index (χ0v) is 22.1. The van der Waals surface area contributed by atoms with E-state index in [4.69, 9.17) is 31.2 Å². The van der Waals surface area contributed by atoms with Crippen molar-refractivity contribution >= 4 is 51.4 Å². The topological polar surface area (TPSA) is 96.6 Å². The molecule has 10 heteroatoms. The number of rotatable bonds is 9. The van der Waals surface area contributed by atoms with Gasteiger partial charge in [-0.2, -0.15) is 15.1 Å². The second kappa shape index (κ2) is 11.2. The van der Waals surface area contributed by atoms with Crippen molar-refractivity contribution in [1.82, 2.24) is 5.01 Å². The highest BCUT2D eigenvalue weighted by Crippen LogP contribution is 2.38. The number of carbonyl (C=O) groups is 1. The van der Waals surface area contributed by atoms with Gasteiger partial charge in [0.1, 0.15) is 19.0 Å². The SMILES string of the molecule is CCC(C)c1ccccc1OCCOc1c(Cl)cc(/C=C2/C(=N)N3N=C(C)SC3=NC2=O)cc1OC. The van der Waals surface area contributed by atoms with Gasteiger partial charge in [0, 0.05) is 0 Å². The van der Waals surface area contributed by atoms with Crippen LogP contribution >= 0.6 is 23.4 Å². The van der Waals surface area contributed by atoms with Crippen molar-refractivity contribution in [2.75, 3.05) is 20.3 Å². The van der Waals surface area contributed by atoms with E-state index < -0.39 is 5.91 Å². The van der Waals surface area contributed by atoms with Gasteiger partial charge in [0.2, 0.25) is 5.17 Å². The first-order chi connectivity index (χ1) is 17.3. The van der Waals surface area contributed by atoms with Crippen LogP contribution in [0, 0.1) is 5.41 Å². The fourth-order valence-electron chi connectivity index (χ4n) is 3.75. The van der Waals surface area contributed by atoms with Gasteiger partial charge in [-0.25, -0.2) is 0 Å². The largest absolute Gasteiger partial charge is 0.493 e. The van der Waals surface area contributed by atoms with Crippen molar-refractivity contribution < 1.29 is 19.0 Å². The molecule has 188 valence electrons. The number of thioether (sulfide) groups is 1. The Balaban J connectivity index is 1.47. The molecule has 0 saturated heterocycles. The summed E-state index contributed by atoms with van der Waals surface area (Å²) < 4.78 is 17.4. The molecule has 2 aromatic carbocycles. The van der Waals surface area contributed by atoms with Crippen LogP contribution in [0.2, 0.25) is 5.02 Å². The van der Waals surface area contributed by atoms with Gasteiger partial charge in [-0.3, -0.25) is 10.2 Å². The van der Waals surface area contributed by atoms with Gasteiger partial charge < -0.3 is 14.2 Å². The monoisotopic (exact) mass is 526 g/mol. The molecule has 2 aliphatic rings. The molecular weight excluding hydrogens is 500 g/mol. The molecule has 1 unspecified atom stereocenters. The molecule has 36 heavy (non-hydrogen) atoms. The van der Waals surface area contributed by atoms with Crippen molar-refractivity contribution in [2.45, 2.75) is 33.1 Å². The molecule has 0 radical (unpaired) electrons. The molecule has 0 aromatic heterocycles. The number of hydrogen-bond donors (Lipinski definition) is 1. The second-order valence-electron chi connectivity index (χ2n) is 8.22. The van der Waals surface area contributed by atoms with E-state index in [0.29, 0.717) is 44.8 Å². The Labute approximate surface area is 219 Å². The van der Waals surface area contributed by atoms with E-state index in [1.165, 1.54) is 29.4 Å². The van der Waals surface area contributed by atoms with E-state index in [-0.39, 0.29) is 18.0 Å². The number of nitrogens with one attached hydrogen (secondary N) is 1. The Morgan fingerprint density at radius 2 is 1.94 bits per heavy atom. The highest BCUT2D eigenvalue weighted by atomic mass is 35.5. The number of hydrogen-bond acceptors (Lipinski definition) is 7. The summed E-state index contributed by atoms with van der Waals surface area (Å²) >= 11 is 7.77. The normalized spacial score (nSPS) is 17.0. The molecule has 0 fully saturated rings. The van der Waals surface area contributed by atoms with Gasteiger partial charge in [-0.15, -0.1) is 0 Å². The number of nitrogens with zero attached hydrogens (tertiary/aromatic N) is 3. The molecule has 1 atom stereocenters. The number of carbonyl (C=O) groups excluding carboxylic acids is 1. The predicted octanol–water partition coefficient (Wildman–Crippen LogP) is 5.96. The average Bonchev–Trinajstić information content (AvgIpc) is 3.24. The summed E-state index contributed by atoms with van der Waals surface area (Å²) in [5.41, 5.74) is 1.85. The number of hydrazone groups is 1. The molecule has 2 heterocycles. The molecule has 1 N–H and O–H groups in total. The third-order valence-corrected chi connectivity index (χ3v) is 6.87. The minimum atomic E-state index is -0.506. The Kier molecular flexibility index (Phi) is 8.01. The summed E-state index contributed by atoms with van der Waals surface area (Å²) in [5, 5.41) is 15.4. The summed E-state index contributed by atoms with van der Waals surface area (Å²) in [7, 11) is 1.51. The van der Waals surface area contributed by atoms with Crippen LogP contribution < -0.4 is 14.2 Å². The third kappa shape index (κ3) is 5.42. The van der Waals surface area contributed by atoms with Crippen LogP contribution in [0.3, 0.4) is 0 Å². The van der Waals surface area contributed by atoms with E-state index in [1.54, 1.807) is 25.1 Å². The highest BCUT2D eigenvalue weighted by Gasteiger charge is 2.34. The maximum absolute atomic E-state index is 12.6. The van der Waals surface area contributed by atoms with Gasteiger partial charge in [0.05, 0.1) is 22.7 Å². The fraction of sp³-hybridized carbons (Fsp3) is 0.308. The number of amides is 1. The van der Waals surface area contributed by atoms with Crippen molar-refractivity contribution in [2.24, 2.45) is 10.1 Å². The van der Waals surface area contributed by atoms with Crippen LogP contribution in [-0.4, -0.2) is 47.3 Å². The number of para-hydroxylation sites is 1. The van der Waals surface area contributed by atoms with Gasteiger partial charge in [0.25, 0.3) is 5.91 Å². The second-order valence-corrected chi connectivity index (χ2v) is 9.78. The Bertz CT molecular complexity index is 1290. The average molecular weight is 527 g/mol. The molecule has 4 rings (SSSR count). The van der Waals surface area contributed by atoms with Crippen LogP contribution in [0.4, 0.5) is 0 Å². The lowest BCUT2D eigenvalue weighted by Gasteiger charge is -2.20. The zero-order valence-electron chi connectivity index (χ0n) is 20.5. The van der Waals surface area contributed by atoms with E-state index in [9.17, 15) is 4.79 Å². The van der Waals surface area contributed by atoms with Gasteiger partial charge in [-0.05, 0) is 66.4 Å². The van der Waals surface area contributed by atoms with Gasteiger partial charge in [0.15, 0.2) is 17.3 Å². The van der Waals surface area contributed by atoms with E-state index in [2.05, 4.69) is 30.0 Å². The quantitative estimate of drug-likeness (QED) is 0.320. The summed E-state index contributed by atoms with van der Waals surface area (Å²) in [6.07, 6.45) is 2.57. The standard InChI is InChI=1S/C26H27ClN4O4S/c1-5-15(2)18-8-6-7-9-21(18)34-10-11-35-23-20(27)13-17(14-22(23)33-4)12-19-24(28)31-26(29-25(19)32)36-16(3)30-31/h6-9,12-15,28H,5,10-11H2,1-4H3/b19-12-,28-24?. The van der Waals surface area contributed by atoms with Crippen molar-refractivity contribution in [3.8, 4) is 17.2 Å². The van der Waals surface area contributed by atoms with Crippen molar-refractivity contribution in [1.29, 1.82) is 5.41 Å². The van der Waals surface area contributed by atoms with Crippen LogP contribution in [0.25, 0.3) is 6.08 Å². The van der Waals surface area contributed by atoms with Gasteiger partial charge >= 0.3 is 0 Å². The van der Waals surface area contributed by atoms with Gasteiger partial charge in [-0.1, -0.05) is 43.6 Å². The zero-order chi connectivity index (χ0) is 25.8.